The van der Waals surface area contributed by atoms with Crippen LogP contribution in [-0.4, -0.2) is 23.0 Å². The van der Waals surface area contributed by atoms with Gasteiger partial charge in [0.05, 0.1) is 19.4 Å². The van der Waals surface area contributed by atoms with Crippen molar-refractivity contribution in [2.75, 3.05) is 0 Å². The third kappa shape index (κ3) is 8.46. The van der Waals surface area contributed by atoms with E-state index in [9.17, 15) is 0 Å². The smallest absolute Gasteiger partial charge is 0.216 e. The van der Waals surface area contributed by atoms with E-state index in [1.54, 1.807) is 0 Å². The number of nitrogens with zero attached hydrogens (tertiary/aromatic N) is 3. The zero-order valence-corrected chi connectivity index (χ0v) is 35.7. The number of aryl methyl sites for hydroxylation is 3. The van der Waals surface area contributed by atoms with Crippen molar-refractivity contribution in [3.8, 4) is 33.8 Å². The molecule has 0 saturated heterocycles. The van der Waals surface area contributed by atoms with Crippen LogP contribution in [0.2, 0.25) is 19.6 Å². The molecule has 0 spiro atoms. The first-order chi connectivity index (χ1) is 24.9. The molecule has 7 aromatic rings. The zero-order chi connectivity index (χ0) is 36.6. The van der Waals surface area contributed by atoms with Gasteiger partial charge in [-0.1, -0.05) is 86.8 Å². The van der Waals surface area contributed by atoms with Crippen molar-refractivity contribution in [1.29, 1.82) is 0 Å². The summed E-state index contributed by atoms with van der Waals surface area (Å²) in [5, 5.41) is 3.58. The van der Waals surface area contributed by atoms with Crippen LogP contribution < -0.4 is 5.19 Å². The molecule has 273 valence electrons. The summed E-state index contributed by atoms with van der Waals surface area (Å²) in [5.41, 5.74) is 14.8. The molecule has 1 aliphatic carbocycles. The van der Waals surface area contributed by atoms with E-state index < -0.39 is 8.07 Å². The molecule has 0 fully saturated rings. The van der Waals surface area contributed by atoms with E-state index in [-0.39, 0.29) is 25.5 Å². The van der Waals surface area contributed by atoms with Crippen molar-refractivity contribution in [3.05, 3.63) is 131 Å². The SMILES string of the molecule is CC(C)(C)Cc1cc(-c2[c-]cccc2)ncc1[Si](C)(C)C.Cc1cccc(C)c1-c1ccc2c(n1)oc1c[c-]c(-c3nccc4c3CCCC4)cc12.[Ir]. The zero-order valence-electron chi connectivity index (χ0n) is 32.3. The van der Waals surface area contributed by atoms with Gasteiger partial charge in [0.15, 0.2) is 0 Å². The molecule has 4 nitrogen and oxygen atoms in total. The average molecular weight is 892 g/mol. The Bertz CT molecular complexity index is 2360. The van der Waals surface area contributed by atoms with Crippen molar-refractivity contribution < 1.29 is 24.5 Å². The van der Waals surface area contributed by atoms with Gasteiger partial charge < -0.3 is 14.4 Å². The molecule has 3 aromatic carbocycles. The molecule has 1 aliphatic rings. The van der Waals surface area contributed by atoms with Crippen molar-refractivity contribution in [3.63, 3.8) is 0 Å². The number of furan rings is 1. The van der Waals surface area contributed by atoms with Gasteiger partial charge in [-0.3, -0.25) is 0 Å². The quantitative estimate of drug-likeness (QED) is 0.128. The second kappa shape index (κ2) is 15.6. The number of pyridine rings is 3. The van der Waals surface area contributed by atoms with Crippen LogP contribution in [0.4, 0.5) is 0 Å². The van der Waals surface area contributed by atoms with Gasteiger partial charge in [0.1, 0.15) is 0 Å². The van der Waals surface area contributed by atoms with Crippen LogP contribution in [0.3, 0.4) is 0 Å². The van der Waals surface area contributed by atoms with E-state index in [1.807, 2.05) is 30.5 Å². The molecule has 0 aliphatic heterocycles. The Hall–Kier alpha value is -4.22. The number of hydrogen-bond acceptors (Lipinski definition) is 4. The van der Waals surface area contributed by atoms with Crippen LogP contribution in [-0.2, 0) is 39.4 Å². The number of benzene rings is 3. The number of fused-ring (bicyclic) bond motifs is 4. The molecule has 4 aromatic heterocycles. The fourth-order valence-electron chi connectivity index (χ4n) is 7.58. The van der Waals surface area contributed by atoms with Gasteiger partial charge in [0.2, 0.25) is 5.71 Å². The molecule has 0 atom stereocenters. The fourth-order valence-corrected chi connectivity index (χ4v) is 9.16. The Balaban J connectivity index is 0.000000193. The van der Waals surface area contributed by atoms with Crippen molar-refractivity contribution in [2.45, 2.75) is 86.4 Å². The Morgan fingerprint density at radius 1 is 0.792 bits per heavy atom. The molecule has 6 heteroatoms. The van der Waals surface area contributed by atoms with E-state index in [1.165, 1.54) is 51.4 Å². The summed E-state index contributed by atoms with van der Waals surface area (Å²) in [6.45, 7) is 18.3. The molecule has 0 amide bonds. The van der Waals surface area contributed by atoms with E-state index in [0.717, 1.165) is 63.8 Å². The molecule has 0 bridgehead atoms. The maximum atomic E-state index is 6.14. The number of aromatic nitrogens is 3. The van der Waals surface area contributed by atoms with Crippen LogP contribution in [0.15, 0.2) is 95.7 Å². The maximum absolute atomic E-state index is 6.14. The number of hydrogen-bond donors (Lipinski definition) is 0. The molecule has 53 heavy (non-hydrogen) atoms. The molecule has 0 saturated carbocycles. The van der Waals surface area contributed by atoms with Gasteiger partial charge in [0, 0.05) is 43.4 Å². The summed E-state index contributed by atoms with van der Waals surface area (Å²) >= 11 is 0. The van der Waals surface area contributed by atoms with Gasteiger partial charge in [-0.25, -0.2) is 4.98 Å². The summed E-state index contributed by atoms with van der Waals surface area (Å²) in [6.07, 6.45) is 9.87. The molecule has 0 N–H and O–H groups in total. The third-order valence-corrected chi connectivity index (χ3v) is 12.1. The Kier molecular flexibility index (Phi) is 11.4. The fraction of sp³-hybridized carbons (Fsp3) is 0.298. The second-order valence-electron chi connectivity index (χ2n) is 16.5. The second-order valence-corrected chi connectivity index (χ2v) is 21.6. The first-order valence-electron chi connectivity index (χ1n) is 18.6. The molecular formula is C47H49IrN3OSi-2. The Morgan fingerprint density at radius 3 is 2.28 bits per heavy atom. The van der Waals surface area contributed by atoms with Gasteiger partial charge >= 0.3 is 0 Å². The van der Waals surface area contributed by atoms with Gasteiger partial charge in [-0.2, -0.15) is 0 Å². The van der Waals surface area contributed by atoms with E-state index in [4.69, 9.17) is 19.4 Å². The summed E-state index contributed by atoms with van der Waals surface area (Å²) in [5.74, 6) is 0. The van der Waals surface area contributed by atoms with Crippen LogP contribution in [0.1, 0.15) is 61.4 Å². The van der Waals surface area contributed by atoms with Gasteiger partial charge in [0.25, 0.3) is 0 Å². The van der Waals surface area contributed by atoms with Gasteiger partial charge in [-0.05, 0) is 97.3 Å². The Labute approximate surface area is 329 Å². The normalized spacial score (nSPS) is 12.9. The standard InChI is InChI=1S/C28H23N2O.C19H26NSi.Ir/c1-17-6-5-7-18(2)26(17)24-12-11-22-23-16-20(10-13-25(23)31-28(22)30-24)27-21-9-4-3-8-19(21)14-15-29-27;1-19(2,3)13-16-12-17(15-10-8-7-9-11-15)20-14-18(16)21(4,5)6;/h5-7,11-16H,3-4,8-9H2,1-2H3;7-10,12,14H,13H2,1-6H3;/q2*-1;. The third-order valence-electron chi connectivity index (χ3n) is 10.0. The minimum atomic E-state index is -1.37. The van der Waals surface area contributed by atoms with Crippen molar-refractivity contribution in [1.82, 2.24) is 15.0 Å². The van der Waals surface area contributed by atoms with Crippen LogP contribution in [0.25, 0.3) is 55.8 Å². The monoisotopic (exact) mass is 892 g/mol. The summed E-state index contributed by atoms with van der Waals surface area (Å²) in [4.78, 5) is 14.3. The van der Waals surface area contributed by atoms with Crippen molar-refractivity contribution >= 4 is 35.3 Å². The molecular weight excluding hydrogens is 843 g/mol. The maximum Gasteiger partial charge on any atom is 0.216 e. The molecule has 1 radical (unpaired) electrons. The first kappa shape index (κ1) is 38.5. The minimum absolute atomic E-state index is 0. The van der Waals surface area contributed by atoms with Gasteiger partial charge in [-0.15, -0.1) is 59.7 Å². The molecule has 8 rings (SSSR count). The molecule has 4 heterocycles. The van der Waals surface area contributed by atoms with E-state index in [2.05, 4.69) is 127 Å². The van der Waals surface area contributed by atoms with Crippen LogP contribution in [0, 0.1) is 31.4 Å². The Morgan fingerprint density at radius 2 is 1.57 bits per heavy atom. The summed E-state index contributed by atoms with van der Waals surface area (Å²) < 4.78 is 6.14. The molecule has 0 unspecified atom stereocenters. The predicted molar refractivity (Wildman–Crippen MR) is 220 cm³/mol. The van der Waals surface area contributed by atoms with Crippen LogP contribution in [0.5, 0.6) is 0 Å². The largest absolute Gasteiger partial charge is 0.486 e. The van der Waals surface area contributed by atoms with E-state index in [0.29, 0.717) is 5.71 Å². The first-order valence-corrected chi connectivity index (χ1v) is 22.1. The number of rotatable bonds is 5. The minimum Gasteiger partial charge on any atom is -0.486 e. The average Bonchev–Trinajstić information content (AvgIpc) is 3.48. The summed E-state index contributed by atoms with van der Waals surface area (Å²) in [6, 6.07) is 33.9. The predicted octanol–water partition coefficient (Wildman–Crippen LogP) is 11.7. The summed E-state index contributed by atoms with van der Waals surface area (Å²) in [7, 11) is -1.37. The van der Waals surface area contributed by atoms with Crippen LogP contribution >= 0.6 is 0 Å². The van der Waals surface area contributed by atoms with Crippen molar-refractivity contribution in [2.24, 2.45) is 5.41 Å². The topological polar surface area (TPSA) is 51.8 Å². The van der Waals surface area contributed by atoms with E-state index >= 15 is 0 Å².